The first-order valence-corrected chi connectivity index (χ1v) is 7.91. The Morgan fingerprint density at radius 2 is 1.68 bits per heavy atom. The van der Waals surface area contributed by atoms with Gasteiger partial charge in [-0.15, -0.1) is 5.10 Å². The minimum Gasteiger partial charge on any atom is -0.492 e. The molecule has 2 aromatic carbocycles. The summed E-state index contributed by atoms with van der Waals surface area (Å²) < 4.78 is 0. The van der Waals surface area contributed by atoms with Crippen molar-refractivity contribution in [1.29, 1.82) is 0 Å². The van der Waals surface area contributed by atoms with Gasteiger partial charge in [0.2, 0.25) is 5.90 Å². The van der Waals surface area contributed by atoms with Crippen molar-refractivity contribution in [1.82, 2.24) is 0 Å². The Hall–Kier alpha value is -2.36. The minimum absolute atomic E-state index is 0. The fourth-order valence-electron chi connectivity index (χ4n) is 3.14. The van der Waals surface area contributed by atoms with Crippen LogP contribution in [0.3, 0.4) is 0 Å². The number of para-hydroxylation sites is 1. The number of hydrogen-bond acceptors (Lipinski definition) is 3. The Kier molecular flexibility index (Phi) is 5.83. The molecule has 1 radical (unpaired) electrons. The van der Waals surface area contributed by atoms with Crippen LogP contribution in [0.2, 0.25) is 0 Å². The van der Waals surface area contributed by atoms with Gasteiger partial charge in [0.1, 0.15) is 0 Å². The average Bonchev–Trinajstić information content (AvgIpc) is 2.80. The number of fused-ring (bicyclic) bond motifs is 1. The first-order chi connectivity index (χ1) is 11.5. The van der Waals surface area contributed by atoms with Crippen LogP contribution >= 0.6 is 0 Å². The predicted molar refractivity (Wildman–Crippen MR) is 100 cm³/mol. The van der Waals surface area contributed by atoms with Gasteiger partial charge in [0.15, 0.2) is 0 Å². The zero-order valence-corrected chi connectivity index (χ0v) is 15.4. The molecule has 0 fully saturated rings. The van der Waals surface area contributed by atoms with Crippen LogP contribution in [0, 0.1) is 0 Å². The molecule has 0 saturated carbocycles. The summed E-state index contributed by atoms with van der Waals surface area (Å²) in [5.41, 5.74) is 4.19. The minimum atomic E-state index is -0.0947. The first kappa shape index (κ1) is 19.0. The maximum Gasteiger partial charge on any atom is 0.238 e. The van der Waals surface area contributed by atoms with E-state index in [4.69, 9.17) is 0 Å². The van der Waals surface area contributed by atoms with Gasteiger partial charge in [0, 0.05) is 46.5 Å². The zero-order chi connectivity index (χ0) is 17.2. The largest absolute Gasteiger partial charge is 0.492 e. The predicted octanol–water partition coefficient (Wildman–Crippen LogP) is 4.29. The fourth-order valence-corrected chi connectivity index (χ4v) is 3.14. The molecule has 0 aliphatic carbocycles. The van der Waals surface area contributed by atoms with Crippen molar-refractivity contribution in [3.63, 3.8) is 0 Å². The van der Waals surface area contributed by atoms with E-state index in [1.165, 1.54) is 11.3 Å². The summed E-state index contributed by atoms with van der Waals surface area (Å²) >= 11 is 0. The molecule has 133 valence electrons. The molecule has 3 rings (SSSR count). The molecule has 0 bridgehead atoms. The molecule has 1 heterocycles. The summed E-state index contributed by atoms with van der Waals surface area (Å²) in [6.07, 6.45) is 3.57. The molecule has 0 aromatic heterocycles. The molecule has 25 heavy (non-hydrogen) atoms. The number of rotatable bonds is 3. The number of benzene rings is 2. The number of allylic oxidation sites excluding steroid dienone is 2. The Morgan fingerprint density at radius 1 is 1.04 bits per heavy atom. The Morgan fingerprint density at radius 3 is 2.36 bits per heavy atom. The van der Waals surface area contributed by atoms with E-state index in [1.807, 2.05) is 30.3 Å². The second-order valence-electron chi connectivity index (χ2n) is 6.31. The van der Waals surface area contributed by atoms with E-state index in [2.05, 4.69) is 54.2 Å². The van der Waals surface area contributed by atoms with Gasteiger partial charge in [-0.25, -0.2) is 0 Å². The summed E-state index contributed by atoms with van der Waals surface area (Å²) in [7, 11) is 2.05. The third-order valence-corrected chi connectivity index (χ3v) is 4.42. The quantitative estimate of drug-likeness (QED) is 0.372. The average molecular weight is 383 g/mol. The number of nitrogens with zero attached hydrogens (tertiary/aromatic N) is 3. The van der Waals surface area contributed by atoms with Crippen LogP contribution in [-0.2, 0) is 22.5 Å². The fraction of sp³-hybridized carbons (Fsp3) is 0.200. The van der Waals surface area contributed by atoms with Crippen LogP contribution in [0.5, 0.6) is 0 Å². The molecule has 0 spiro atoms. The number of likely N-dealkylation sites (N-methyl/N-ethyl adjacent to an activating group) is 1. The summed E-state index contributed by atoms with van der Waals surface area (Å²) in [4.78, 5) is 2.17. The molecule has 5 heteroatoms. The molecule has 1 aliphatic rings. The molecule has 1 N–H and O–H groups in total. The molecule has 0 unspecified atom stereocenters. The standard InChI is InChI=1S/C20H21N3O.Cu/c1-20(2)16-11-7-8-12-17(16)23(3)18(20)13-14-21-22-19(24)15-9-5-4-6-10-15;/h4-14H,1-3H3,(H,22,24);/b18-13-,21-14+;. The van der Waals surface area contributed by atoms with E-state index in [9.17, 15) is 5.11 Å². The van der Waals surface area contributed by atoms with Gasteiger partial charge in [0.25, 0.3) is 0 Å². The van der Waals surface area contributed by atoms with E-state index in [0.717, 1.165) is 5.70 Å². The molecule has 4 nitrogen and oxygen atoms in total. The topological polar surface area (TPSA) is 48.2 Å². The van der Waals surface area contributed by atoms with E-state index in [-0.39, 0.29) is 28.4 Å². The first-order valence-electron chi connectivity index (χ1n) is 7.91. The normalized spacial score (nSPS) is 17.6. The van der Waals surface area contributed by atoms with Crippen LogP contribution in [0.4, 0.5) is 5.69 Å². The van der Waals surface area contributed by atoms with Crippen LogP contribution in [0.15, 0.2) is 76.6 Å². The van der Waals surface area contributed by atoms with Crippen LogP contribution in [-0.4, -0.2) is 24.3 Å². The summed E-state index contributed by atoms with van der Waals surface area (Å²) in [5, 5.41) is 17.8. The van der Waals surface area contributed by atoms with E-state index < -0.39 is 0 Å². The third kappa shape index (κ3) is 3.68. The van der Waals surface area contributed by atoms with Crippen molar-refractivity contribution in [2.24, 2.45) is 10.2 Å². The van der Waals surface area contributed by atoms with Gasteiger partial charge < -0.3 is 10.0 Å². The number of anilines is 1. The Balaban J connectivity index is 0.00000225. The van der Waals surface area contributed by atoms with E-state index in [1.54, 1.807) is 18.3 Å². The van der Waals surface area contributed by atoms with Crippen LogP contribution in [0.1, 0.15) is 25.0 Å². The maximum atomic E-state index is 9.91. The van der Waals surface area contributed by atoms with Crippen molar-refractivity contribution < 1.29 is 22.2 Å². The van der Waals surface area contributed by atoms with E-state index >= 15 is 0 Å². The summed E-state index contributed by atoms with van der Waals surface area (Å²) in [5.74, 6) is -0.0902. The molecular formula is C20H21CuN3O. The van der Waals surface area contributed by atoms with Crippen molar-refractivity contribution in [3.05, 3.63) is 77.5 Å². The van der Waals surface area contributed by atoms with Crippen molar-refractivity contribution >= 4 is 17.8 Å². The molecule has 0 amide bonds. The second kappa shape index (κ2) is 7.68. The number of aliphatic hydroxyl groups excluding tert-OH is 1. The van der Waals surface area contributed by atoms with Crippen molar-refractivity contribution in [2.45, 2.75) is 19.3 Å². The van der Waals surface area contributed by atoms with Gasteiger partial charge in [-0.3, -0.25) is 0 Å². The molecule has 0 atom stereocenters. The van der Waals surface area contributed by atoms with Gasteiger partial charge >= 0.3 is 0 Å². The molecule has 1 aliphatic heterocycles. The van der Waals surface area contributed by atoms with Gasteiger partial charge in [-0.2, -0.15) is 5.10 Å². The SMILES string of the molecule is CN1/C(=C\C=N\N=C(O)c2ccccc2)C(C)(C)c2ccccc21.[Cu]. The van der Waals surface area contributed by atoms with Crippen molar-refractivity contribution in [2.75, 3.05) is 11.9 Å². The van der Waals surface area contributed by atoms with Gasteiger partial charge in [-0.05, 0) is 29.8 Å². The Bertz CT molecular complexity index is 826. The number of hydrogen-bond donors (Lipinski definition) is 1. The maximum absolute atomic E-state index is 9.91. The molecular weight excluding hydrogens is 362 g/mol. The van der Waals surface area contributed by atoms with Gasteiger partial charge in [0.05, 0.1) is 6.21 Å². The van der Waals surface area contributed by atoms with Crippen molar-refractivity contribution in [3.8, 4) is 0 Å². The van der Waals surface area contributed by atoms with E-state index in [0.29, 0.717) is 5.56 Å². The monoisotopic (exact) mass is 382 g/mol. The smallest absolute Gasteiger partial charge is 0.238 e. The zero-order valence-electron chi connectivity index (χ0n) is 14.4. The van der Waals surface area contributed by atoms with Gasteiger partial charge in [-0.1, -0.05) is 50.2 Å². The summed E-state index contributed by atoms with van der Waals surface area (Å²) in [6.45, 7) is 4.39. The van der Waals surface area contributed by atoms with Crippen LogP contribution < -0.4 is 4.90 Å². The molecule has 2 aromatic rings. The van der Waals surface area contributed by atoms with Crippen LogP contribution in [0.25, 0.3) is 0 Å². The molecule has 0 saturated heterocycles. The summed E-state index contributed by atoms with van der Waals surface area (Å²) in [6, 6.07) is 17.5. The number of aliphatic hydroxyl groups is 1. The Labute approximate surface area is 159 Å². The third-order valence-electron chi connectivity index (χ3n) is 4.42. The second-order valence-corrected chi connectivity index (χ2v) is 6.31.